The molecule has 1 saturated heterocycles. The molecule has 1 aliphatic rings. The minimum absolute atomic E-state index is 0.147. The molecule has 1 unspecified atom stereocenters. The minimum atomic E-state index is -0.272. The molecule has 0 spiro atoms. The maximum Gasteiger partial charge on any atom is 0.239 e. The van der Waals surface area contributed by atoms with E-state index in [1.54, 1.807) is 16.7 Å². The fraction of sp³-hybridized carbons (Fsp3) is 0.818. The van der Waals surface area contributed by atoms with Crippen LogP contribution in [0.1, 0.15) is 33.1 Å². The number of nitriles is 1. The largest absolute Gasteiger partial charge is 0.328 e. The molecule has 1 heterocycles. The summed E-state index contributed by atoms with van der Waals surface area (Å²) in [6.07, 6.45) is 2.97. The molecule has 0 aliphatic carbocycles. The molecule has 15 heavy (non-hydrogen) atoms. The van der Waals surface area contributed by atoms with Crippen molar-refractivity contribution in [3.8, 4) is 6.07 Å². The lowest BCUT2D eigenvalue weighted by molar-refractivity contribution is -0.132. The van der Waals surface area contributed by atoms with E-state index in [-0.39, 0.29) is 17.2 Å². The molecule has 1 amide bonds. The SMILES string of the molecule is CCCN(CC#N)C(=O)C1(C)CCCS1. The molecule has 0 aromatic heterocycles. The summed E-state index contributed by atoms with van der Waals surface area (Å²) in [5, 5.41) is 8.69. The van der Waals surface area contributed by atoms with E-state index in [1.165, 1.54) is 0 Å². The third-order valence-electron chi connectivity index (χ3n) is 2.71. The molecule has 1 aliphatic heterocycles. The summed E-state index contributed by atoms with van der Waals surface area (Å²) < 4.78 is -0.272. The fourth-order valence-electron chi connectivity index (χ4n) is 1.89. The third-order valence-corrected chi connectivity index (χ3v) is 4.22. The Hall–Kier alpha value is -0.690. The van der Waals surface area contributed by atoms with Crippen LogP contribution >= 0.6 is 11.8 Å². The van der Waals surface area contributed by atoms with Crippen molar-refractivity contribution in [1.82, 2.24) is 4.90 Å². The van der Waals surface area contributed by atoms with E-state index in [9.17, 15) is 4.79 Å². The van der Waals surface area contributed by atoms with Gasteiger partial charge in [0.1, 0.15) is 6.54 Å². The highest BCUT2D eigenvalue weighted by atomic mass is 32.2. The van der Waals surface area contributed by atoms with Gasteiger partial charge in [-0.15, -0.1) is 11.8 Å². The van der Waals surface area contributed by atoms with Crippen molar-refractivity contribution in [3.05, 3.63) is 0 Å². The zero-order chi connectivity index (χ0) is 11.3. The lowest BCUT2D eigenvalue weighted by Gasteiger charge is -2.29. The quantitative estimate of drug-likeness (QED) is 0.689. The van der Waals surface area contributed by atoms with Gasteiger partial charge in [0.05, 0.1) is 10.8 Å². The highest BCUT2D eigenvalue weighted by Crippen LogP contribution is 2.39. The monoisotopic (exact) mass is 226 g/mol. The van der Waals surface area contributed by atoms with Crippen LogP contribution in [0.25, 0.3) is 0 Å². The van der Waals surface area contributed by atoms with Crippen LogP contribution in [-0.4, -0.2) is 34.4 Å². The van der Waals surface area contributed by atoms with Gasteiger partial charge in [0.25, 0.3) is 0 Å². The van der Waals surface area contributed by atoms with Gasteiger partial charge in [-0.05, 0) is 31.9 Å². The number of hydrogen-bond donors (Lipinski definition) is 0. The van der Waals surface area contributed by atoms with Gasteiger partial charge >= 0.3 is 0 Å². The maximum atomic E-state index is 12.2. The minimum Gasteiger partial charge on any atom is -0.328 e. The van der Waals surface area contributed by atoms with Crippen molar-refractivity contribution >= 4 is 17.7 Å². The number of thioether (sulfide) groups is 1. The van der Waals surface area contributed by atoms with Crippen LogP contribution in [0.4, 0.5) is 0 Å². The predicted octanol–water partition coefficient (Wildman–Crippen LogP) is 2.03. The Labute approximate surface area is 95.8 Å². The second-order valence-corrected chi connectivity index (χ2v) is 5.67. The summed E-state index contributed by atoms with van der Waals surface area (Å²) in [4.78, 5) is 13.9. The smallest absolute Gasteiger partial charge is 0.239 e. The van der Waals surface area contributed by atoms with E-state index in [0.29, 0.717) is 6.54 Å². The highest BCUT2D eigenvalue weighted by molar-refractivity contribution is 8.01. The second-order valence-electron chi connectivity index (χ2n) is 4.07. The van der Waals surface area contributed by atoms with E-state index >= 15 is 0 Å². The first-order valence-corrected chi connectivity index (χ1v) is 6.43. The van der Waals surface area contributed by atoms with Gasteiger partial charge in [0, 0.05) is 6.54 Å². The summed E-state index contributed by atoms with van der Waals surface area (Å²) in [6, 6.07) is 2.07. The van der Waals surface area contributed by atoms with Crippen LogP contribution in [0.5, 0.6) is 0 Å². The Balaban J connectivity index is 2.66. The Morgan fingerprint density at radius 3 is 2.87 bits per heavy atom. The zero-order valence-electron chi connectivity index (χ0n) is 9.45. The molecule has 1 fully saturated rings. The van der Waals surface area contributed by atoms with Crippen LogP contribution in [0.2, 0.25) is 0 Å². The number of carbonyl (C=O) groups excluding carboxylic acids is 1. The average Bonchev–Trinajstić information content (AvgIpc) is 2.65. The zero-order valence-corrected chi connectivity index (χ0v) is 10.3. The van der Waals surface area contributed by atoms with Gasteiger partial charge in [0.15, 0.2) is 0 Å². The number of nitrogens with zero attached hydrogens (tertiary/aromatic N) is 2. The molecule has 0 radical (unpaired) electrons. The molecular formula is C11H18N2OS. The van der Waals surface area contributed by atoms with Crippen LogP contribution in [-0.2, 0) is 4.79 Å². The molecule has 3 nitrogen and oxygen atoms in total. The van der Waals surface area contributed by atoms with Crippen molar-refractivity contribution in [1.29, 1.82) is 5.26 Å². The van der Waals surface area contributed by atoms with Gasteiger partial charge < -0.3 is 4.90 Å². The molecule has 1 atom stereocenters. The van der Waals surface area contributed by atoms with Gasteiger partial charge in [0.2, 0.25) is 5.91 Å². The van der Waals surface area contributed by atoms with Crippen LogP contribution in [0.15, 0.2) is 0 Å². The van der Waals surface area contributed by atoms with Crippen molar-refractivity contribution < 1.29 is 4.79 Å². The first-order chi connectivity index (χ1) is 7.14. The van der Waals surface area contributed by atoms with Gasteiger partial charge in [-0.25, -0.2) is 0 Å². The second kappa shape index (κ2) is 5.41. The molecule has 4 heteroatoms. The summed E-state index contributed by atoms with van der Waals surface area (Å²) in [7, 11) is 0. The van der Waals surface area contributed by atoms with E-state index in [0.717, 1.165) is 25.0 Å². The molecule has 0 aromatic carbocycles. The fourth-order valence-corrected chi connectivity index (χ4v) is 3.17. The van der Waals surface area contributed by atoms with E-state index in [2.05, 4.69) is 6.07 Å². The molecule has 1 rings (SSSR count). The topological polar surface area (TPSA) is 44.1 Å². The maximum absolute atomic E-state index is 12.2. The summed E-state index contributed by atoms with van der Waals surface area (Å²) in [5.41, 5.74) is 0. The first kappa shape index (κ1) is 12.4. The van der Waals surface area contributed by atoms with Crippen molar-refractivity contribution in [2.45, 2.75) is 37.9 Å². The van der Waals surface area contributed by atoms with Gasteiger partial charge in [-0.2, -0.15) is 5.26 Å². The summed E-state index contributed by atoms with van der Waals surface area (Å²) in [5.74, 6) is 1.21. The van der Waals surface area contributed by atoms with Crippen molar-refractivity contribution in [3.63, 3.8) is 0 Å². The van der Waals surface area contributed by atoms with E-state index in [4.69, 9.17) is 5.26 Å². The normalized spacial score (nSPS) is 24.9. The average molecular weight is 226 g/mol. The molecule has 0 bridgehead atoms. The van der Waals surface area contributed by atoms with Gasteiger partial charge in [-0.3, -0.25) is 4.79 Å². The third kappa shape index (κ3) is 2.88. The highest BCUT2D eigenvalue weighted by Gasteiger charge is 2.39. The summed E-state index contributed by atoms with van der Waals surface area (Å²) in [6.45, 7) is 4.96. The standard InChI is InChI=1S/C11H18N2OS/c1-3-7-13(8-6-12)10(14)11(2)5-4-9-15-11/h3-5,7-9H2,1-2H3. The Kier molecular flexibility index (Phi) is 4.46. The van der Waals surface area contributed by atoms with Gasteiger partial charge in [-0.1, -0.05) is 6.92 Å². The molecule has 0 N–H and O–H groups in total. The predicted molar refractivity (Wildman–Crippen MR) is 62.6 cm³/mol. The number of carbonyl (C=O) groups is 1. The van der Waals surface area contributed by atoms with Crippen molar-refractivity contribution in [2.75, 3.05) is 18.8 Å². The Morgan fingerprint density at radius 1 is 1.67 bits per heavy atom. The Morgan fingerprint density at radius 2 is 2.40 bits per heavy atom. The van der Waals surface area contributed by atoms with Crippen LogP contribution in [0.3, 0.4) is 0 Å². The number of amides is 1. The lowest BCUT2D eigenvalue weighted by atomic mass is 10.0. The molecule has 0 aromatic rings. The Bertz CT molecular complexity index is 266. The number of rotatable bonds is 4. The van der Waals surface area contributed by atoms with E-state index < -0.39 is 0 Å². The van der Waals surface area contributed by atoms with Crippen LogP contribution < -0.4 is 0 Å². The molecule has 84 valence electrons. The van der Waals surface area contributed by atoms with Crippen LogP contribution in [0, 0.1) is 11.3 Å². The first-order valence-electron chi connectivity index (χ1n) is 5.44. The summed E-state index contributed by atoms with van der Waals surface area (Å²) >= 11 is 1.73. The molecular weight excluding hydrogens is 208 g/mol. The number of hydrogen-bond acceptors (Lipinski definition) is 3. The van der Waals surface area contributed by atoms with E-state index in [1.807, 2.05) is 13.8 Å². The molecule has 0 saturated carbocycles. The van der Waals surface area contributed by atoms with Crippen molar-refractivity contribution in [2.24, 2.45) is 0 Å². The lowest BCUT2D eigenvalue weighted by Crippen LogP contribution is -2.44.